The molecular weight excluding hydrogens is 288 g/mol. The first-order valence-electron chi connectivity index (χ1n) is 8.60. The Morgan fingerprint density at radius 3 is 2.91 bits per heavy atom. The molecule has 5 heteroatoms. The quantitative estimate of drug-likeness (QED) is 0.888. The van der Waals surface area contributed by atoms with Gasteiger partial charge < -0.3 is 15.3 Å². The van der Waals surface area contributed by atoms with Crippen molar-refractivity contribution in [2.24, 2.45) is 5.92 Å². The molecule has 1 aliphatic rings. The molecule has 0 amide bonds. The van der Waals surface area contributed by atoms with Gasteiger partial charge in [-0.25, -0.2) is 4.98 Å². The van der Waals surface area contributed by atoms with E-state index in [0.29, 0.717) is 5.92 Å². The topological polar surface area (TPSA) is 61.3 Å². The Bertz CT molecular complexity index is 657. The smallest absolute Gasteiger partial charge is 0.227 e. The summed E-state index contributed by atoms with van der Waals surface area (Å²) in [5, 5.41) is 13.9. The summed E-state index contributed by atoms with van der Waals surface area (Å²) in [5.74, 6) is 2.30. The molecule has 1 saturated heterocycles. The number of fused-ring (bicyclic) bond motifs is 1. The summed E-state index contributed by atoms with van der Waals surface area (Å²) in [7, 11) is 0. The Hall–Kier alpha value is -1.88. The number of rotatable bonds is 5. The van der Waals surface area contributed by atoms with Gasteiger partial charge in [0.1, 0.15) is 5.82 Å². The van der Waals surface area contributed by atoms with Crippen LogP contribution in [0.1, 0.15) is 33.1 Å². The maximum absolute atomic E-state index is 9.50. The highest BCUT2D eigenvalue weighted by atomic mass is 16.3. The van der Waals surface area contributed by atoms with E-state index >= 15 is 0 Å². The van der Waals surface area contributed by atoms with E-state index in [1.54, 1.807) is 0 Å². The van der Waals surface area contributed by atoms with Crippen LogP contribution in [0.2, 0.25) is 0 Å². The van der Waals surface area contributed by atoms with E-state index in [4.69, 9.17) is 9.97 Å². The zero-order valence-electron chi connectivity index (χ0n) is 14.0. The van der Waals surface area contributed by atoms with Crippen LogP contribution in [0.4, 0.5) is 11.8 Å². The second kappa shape index (κ2) is 7.13. The molecule has 0 bridgehead atoms. The molecule has 0 aliphatic carbocycles. The zero-order chi connectivity index (χ0) is 16.2. The van der Waals surface area contributed by atoms with Crippen molar-refractivity contribution in [1.29, 1.82) is 0 Å². The maximum Gasteiger partial charge on any atom is 0.227 e. The van der Waals surface area contributed by atoms with Crippen molar-refractivity contribution in [3.63, 3.8) is 0 Å². The first-order valence-corrected chi connectivity index (χ1v) is 8.60. The van der Waals surface area contributed by atoms with E-state index in [1.165, 1.54) is 12.8 Å². The number of hydrogen-bond acceptors (Lipinski definition) is 5. The number of aliphatic hydroxyl groups excluding tert-OH is 1. The van der Waals surface area contributed by atoms with Gasteiger partial charge in [-0.15, -0.1) is 0 Å². The Labute approximate surface area is 137 Å². The number of aliphatic hydroxyl groups is 1. The largest absolute Gasteiger partial charge is 0.394 e. The highest BCUT2D eigenvalue weighted by Crippen LogP contribution is 2.26. The van der Waals surface area contributed by atoms with Crippen molar-refractivity contribution < 1.29 is 5.11 Å². The lowest BCUT2D eigenvalue weighted by Crippen LogP contribution is -2.35. The predicted octanol–water partition coefficient (Wildman–Crippen LogP) is 3.05. The first-order chi connectivity index (χ1) is 11.2. The summed E-state index contributed by atoms with van der Waals surface area (Å²) in [4.78, 5) is 11.8. The highest BCUT2D eigenvalue weighted by Gasteiger charge is 2.20. The van der Waals surface area contributed by atoms with Crippen molar-refractivity contribution in [1.82, 2.24) is 9.97 Å². The van der Waals surface area contributed by atoms with Crippen molar-refractivity contribution in [2.45, 2.75) is 39.2 Å². The van der Waals surface area contributed by atoms with Crippen LogP contribution in [-0.2, 0) is 0 Å². The van der Waals surface area contributed by atoms with Crippen molar-refractivity contribution >= 4 is 22.7 Å². The number of hydrogen-bond donors (Lipinski definition) is 2. The summed E-state index contributed by atoms with van der Waals surface area (Å²) in [6.45, 7) is 6.47. The molecule has 124 valence electrons. The standard InChI is InChI=1S/C18H26N4O/c1-3-14(12-23)19-17-15-8-4-5-9-16(15)20-18(21-17)22-10-6-7-13(2)11-22/h4-5,8-9,13-14,23H,3,6-7,10-12H2,1-2H3,(H,19,20,21). The number of nitrogens with zero attached hydrogens (tertiary/aromatic N) is 3. The van der Waals surface area contributed by atoms with Crippen LogP contribution in [0, 0.1) is 5.92 Å². The fourth-order valence-electron chi connectivity index (χ4n) is 3.16. The second-order valence-electron chi connectivity index (χ2n) is 6.51. The Morgan fingerprint density at radius 2 is 2.17 bits per heavy atom. The van der Waals surface area contributed by atoms with Crippen LogP contribution in [0.15, 0.2) is 24.3 Å². The third-order valence-corrected chi connectivity index (χ3v) is 4.59. The van der Waals surface area contributed by atoms with Gasteiger partial charge in [-0.2, -0.15) is 4.98 Å². The average Bonchev–Trinajstić information content (AvgIpc) is 2.59. The number of aromatic nitrogens is 2. The lowest BCUT2D eigenvalue weighted by Gasteiger charge is -2.31. The zero-order valence-corrected chi connectivity index (χ0v) is 14.0. The molecule has 5 nitrogen and oxygen atoms in total. The fourth-order valence-corrected chi connectivity index (χ4v) is 3.16. The molecule has 0 saturated carbocycles. The number of para-hydroxylation sites is 1. The minimum absolute atomic E-state index is 0.0152. The van der Waals surface area contributed by atoms with Gasteiger partial charge in [0.15, 0.2) is 0 Å². The molecule has 2 unspecified atom stereocenters. The minimum Gasteiger partial charge on any atom is -0.394 e. The second-order valence-corrected chi connectivity index (χ2v) is 6.51. The summed E-state index contributed by atoms with van der Waals surface area (Å²) >= 11 is 0. The number of benzene rings is 1. The van der Waals surface area contributed by atoms with Crippen molar-refractivity contribution in [3.8, 4) is 0 Å². The van der Waals surface area contributed by atoms with E-state index in [-0.39, 0.29) is 12.6 Å². The van der Waals surface area contributed by atoms with E-state index < -0.39 is 0 Å². The number of piperidine rings is 1. The van der Waals surface area contributed by atoms with Gasteiger partial charge in [0.2, 0.25) is 5.95 Å². The highest BCUT2D eigenvalue weighted by molar-refractivity contribution is 5.90. The fraction of sp³-hybridized carbons (Fsp3) is 0.556. The molecule has 3 rings (SSSR count). The minimum atomic E-state index is 0.0152. The molecule has 0 spiro atoms. The molecule has 1 aliphatic heterocycles. The molecule has 1 aromatic carbocycles. The number of nitrogens with one attached hydrogen (secondary N) is 1. The Balaban J connectivity index is 1.99. The van der Waals surface area contributed by atoms with Crippen LogP contribution >= 0.6 is 0 Å². The van der Waals surface area contributed by atoms with Gasteiger partial charge in [-0.05, 0) is 37.3 Å². The summed E-state index contributed by atoms with van der Waals surface area (Å²) in [6, 6.07) is 8.08. The van der Waals surface area contributed by atoms with Gasteiger partial charge in [0, 0.05) is 18.5 Å². The maximum atomic E-state index is 9.50. The lowest BCUT2D eigenvalue weighted by atomic mass is 10.0. The number of anilines is 2. The average molecular weight is 314 g/mol. The van der Waals surface area contributed by atoms with E-state index in [9.17, 15) is 5.11 Å². The van der Waals surface area contributed by atoms with Crippen molar-refractivity contribution in [2.75, 3.05) is 29.9 Å². The van der Waals surface area contributed by atoms with Crippen LogP contribution < -0.4 is 10.2 Å². The van der Waals surface area contributed by atoms with Gasteiger partial charge in [-0.1, -0.05) is 26.0 Å². The van der Waals surface area contributed by atoms with Crippen molar-refractivity contribution in [3.05, 3.63) is 24.3 Å². The van der Waals surface area contributed by atoms with Crippen LogP contribution in [0.25, 0.3) is 10.9 Å². The van der Waals surface area contributed by atoms with E-state index in [1.807, 2.05) is 24.3 Å². The van der Waals surface area contributed by atoms with Crippen LogP contribution in [0.5, 0.6) is 0 Å². The SMILES string of the molecule is CCC(CO)Nc1nc(N2CCCC(C)C2)nc2ccccc12. The summed E-state index contributed by atoms with van der Waals surface area (Å²) in [5.41, 5.74) is 0.950. The molecular formula is C18H26N4O. The Morgan fingerprint density at radius 1 is 1.35 bits per heavy atom. The molecule has 2 aromatic rings. The van der Waals surface area contributed by atoms with Gasteiger partial charge in [0.25, 0.3) is 0 Å². The molecule has 23 heavy (non-hydrogen) atoms. The monoisotopic (exact) mass is 314 g/mol. The van der Waals surface area contributed by atoms with Gasteiger partial charge in [-0.3, -0.25) is 0 Å². The third-order valence-electron chi connectivity index (χ3n) is 4.59. The molecule has 2 heterocycles. The van der Waals surface area contributed by atoms with Crippen LogP contribution in [-0.4, -0.2) is 40.8 Å². The van der Waals surface area contributed by atoms with Gasteiger partial charge in [0.05, 0.1) is 18.2 Å². The molecule has 0 radical (unpaired) electrons. The predicted molar refractivity (Wildman–Crippen MR) is 94.9 cm³/mol. The van der Waals surface area contributed by atoms with Crippen LogP contribution in [0.3, 0.4) is 0 Å². The van der Waals surface area contributed by atoms with Gasteiger partial charge >= 0.3 is 0 Å². The first kappa shape index (κ1) is 16.0. The molecule has 1 fully saturated rings. The summed E-state index contributed by atoms with van der Waals surface area (Å²) < 4.78 is 0. The normalized spacial score (nSPS) is 19.8. The Kier molecular flexibility index (Phi) is 4.96. The molecule has 2 atom stereocenters. The van der Waals surface area contributed by atoms with E-state index in [2.05, 4.69) is 24.1 Å². The lowest BCUT2D eigenvalue weighted by molar-refractivity contribution is 0.271. The third kappa shape index (κ3) is 3.55. The summed E-state index contributed by atoms with van der Waals surface area (Å²) in [6.07, 6.45) is 3.32. The van der Waals surface area contributed by atoms with E-state index in [0.717, 1.165) is 42.2 Å². The molecule has 1 aromatic heterocycles. The molecule has 2 N–H and O–H groups in total.